The van der Waals surface area contributed by atoms with Crippen LogP contribution in [0.25, 0.3) is 0 Å². The van der Waals surface area contributed by atoms with Crippen molar-refractivity contribution in [2.45, 2.75) is 37.0 Å². The summed E-state index contributed by atoms with van der Waals surface area (Å²) in [5.41, 5.74) is 7.20. The van der Waals surface area contributed by atoms with Gasteiger partial charge >= 0.3 is 0 Å². The molecule has 18 heavy (non-hydrogen) atoms. The molecule has 2 N–H and O–H groups in total. The predicted molar refractivity (Wildman–Crippen MR) is 67.9 cm³/mol. The molecule has 0 saturated heterocycles. The second-order valence-corrected chi connectivity index (χ2v) is 5.27. The highest BCUT2D eigenvalue weighted by molar-refractivity contribution is 5.44. The standard InChI is InChI=1S/C14H19NO3/c1-16-9-3-4-13-11(5-9)12(15)8-14(18-13)6-10(7-14)17-2/h3-5,10,12H,6-8,15H2,1-2H3/t10?,12-,14?/m0/s1. The minimum atomic E-state index is -0.109. The molecule has 0 amide bonds. The van der Waals surface area contributed by atoms with Gasteiger partial charge in [0.05, 0.1) is 13.2 Å². The molecule has 2 aliphatic rings. The number of nitrogens with two attached hydrogens (primary N) is 1. The van der Waals surface area contributed by atoms with Crippen molar-refractivity contribution in [1.82, 2.24) is 0 Å². The third-order valence-corrected chi connectivity index (χ3v) is 4.07. The summed E-state index contributed by atoms with van der Waals surface area (Å²) in [6.07, 6.45) is 3.04. The molecule has 1 saturated carbocycles. The van der Waals surface area contributed by atoms with Crippen LogP contribution in [0.4, 0.5) is 0 Å². The first-order valence-corrected chi connectivity index (χ1v) is 6.31. The van der Waals surface area contributed by atoms with Crippen molar-refractivity contribution in [3.05, 3.63) is 23.8 Å². The fourth-order valence-corrected chi connectivity index (χ4v) is 3.01. The van der Waals surface area contributed by atoms with E-state index in [0.29, 0.717) is 6.10 Å². The second-order valence-electron chi connectivity index (χ2n) is 5.27. The highest BCUT2D eigenvalue weighted by atomic mass is 16.5. The van der Waals surface area contributed by atoms with Gasteiger partial charge in [-0.1, -0.05) is 0 Å². The first-order chi connectivity index (χ1) is 8.65. The summed E-state index contributed by atoms with van der Waals surface area (Å²) in [7, 11) is 3.41. The quantitative estimate of drug-likeness (QED) is 0.871. The Labute approximate surface area is 107 Å². The number of rotatable bonds is 2. The van der Waals surface area contributed by atoms with E-state index >= 15 is 0 Å². The Morgan fingerprint density at radius 3 is 2.72 bits per heavy atom. The van der Waals surface area contributed by atoms with Gasteiger partial charge < -0.3 is 19.9 Å². The average Bonchev–Trinajstić information content (AvgIpc) is 2.35. The van der Waals surface area contributed by atoms with Crippen molar-refractivity contribution in [1.29, 1.82) is 0 Å². The third kappa shape index (κ3) is 1.76. The van der Waals surface area contributed by atoms with Crippen LogP contribution in [0.15, 0.2) is 18.2 Å². The van der Waals surface area contributed by atoms with Gasteiger partial charge in [-0.2, -0.15) is 0 Å². The molecule has 1 fully saturated rings. The summed E-state index contributed by atoms with van der Waals surface area (Å²) >= 11 is 0. The predicted octanol–water partition coefficient (Wildman–Crippen LogP) is 2.03. The fraction of sp³-hybridized carbons (Fsp3) is 0.571. The van der Waals surface area contributed by atoms with E-state index in [-0.39, 0.29) is 11.6 Å². The van der Waals surface area contributed by atoms with Crippen LogP contribution < -0.4 is 15.2 Å². The van der Waals surface area contributed by atoms with E-state index < -0.39 is 0 Å². The maximum absolute atomic E-state index is 6.27. The average molecular weight is 249 g/mol. The molecule has 0 aromatic heterocycles. The molecule has 3 rings (SSSR count). The SMILES string of the molecule is COc1ccc2c(c1)[C@@H](N)CC1(CC(OC)C1)O2. The van der Waals surface area contributed by atoms with E-state index in [1.165, 1.54) is 0 Å². The van der Waals surface area contributed by atoms with E-state index in [2.05, 4.69) is 0 Å². The molecule has 0 radical (unpaired) electrons. The van der Waals surface area contributed by atoms with E-state index in [4.69, 9.17) is 19.9 Å². The van der Waals surface area contributed by atoms with Crippen molar-refractivity contribution in [2.24, 2.45) is 5.73 Å². The zero-order valence-corrected chi connectivity index (χ0v) is 10.8. The van der Waals surface area contributed by atoms with E-state index in [1.807, 2.05) is 18.2 Å². The van der Waals surface area contributed by atoms with Gasteiger partial charge in [-0.25, -0.2) is 0 Å². The van der Waals surface area contributed by atoms with Gasteiger partial charge in [-0.3, -0.25) is 0 Å². The van der Waals surface area contributed by atoms with E-state index in [0.717, 1.165) is 36.3 Å². The van der Waals surface area contributed by atoms with Crippen molar-refractivity contribution in [2.75, 3.05) is 14.2 Å². The molecule has 1 aromatic carbocycles. The summed E-state index contributed by atoms with van der Waals surface area (Å²) < 4.78 is 16.7. The summed E-state index contributed by atoms with van der Waals surface area (Å²) in [5, 5.41) is 0. The van der Waals surface area contributed by atoms with Gasteiger partial charge in [0.15, 0.2) is 0 Å². The molecule has 1 heterocycles. The minimum Gasteiger partial charge on any atom is -0.497 e. The zero-order chi connectivity index (χ0) is 12.8. The molecule has 98 valence electrons. The number of fused-ring (bicyclic) bond motifs is 1. The molecule has 4 nitrogen and oxygen atoms in total. The smallest absolute Gasteiger partial charge is 0.125 e. The van der Waals surface area contributed by atoms with Crippen molar-refractivity contribution in [3.63, 3.8) is 0 Å². The Bertz CT molecular complexity index is 454. The molecule has 1 aromatic rings. The fourth-order valence-electron chi connectivity index (χ4n) is 3.01. The first-order valence-electron chi connectivity index (χ1n) is 6.31. The van der Waals surface area contributed by atoms with E-state index in [9.17, 15) is 0 Å². The largest absolute Gasteiger partial charge is 0.497 e. The van der Waals surface area contributed by atoms with Crippen LogP contribution in [0.1, 0.15) is 30.9 Å². The lowest BCUT2D eigenvalue weighted by molar-refractivity contribution is -0.124. The molecule has 1 atom stereocenters. The molecule has 1 spiro atoms. The van der Waals surface area contributed by atoms with Gasteiger partial charge in [0, 0.05) is 38.0 Å². The van der Waals surface area contributed by atoms with Gasteiger partial charge in [0.2, 0.25) is 0 Å². The van der Waals surface area contributed by atoms with Crippen LogP contribution in [-0.2, 0) is 4.74 Å². The normalized spacial score (nSPS) is 33.5. The third-order valence-electron chi connectivity index (χ3n) is 4.07. The number of ether oxygens (including phenoxy) is 3. The minimum absolute atomic E-state index is 0.0154. The van der Waals surface area contributed by atoms with Crippen LogP contribution in [0.2, 0.25) is 0 Å². The first kappa shape index (κ1) is 11.8. The van der Waals surface area contributed by atoms with Crippen LogP contribution in [-0.4, -0.2) is 25.9 Å². The lowest BCUT2D eigenvalue weighted by Crippen LogP contribution is -2.55. The van der Waals surface area contributed by atoms with Crippen LogP contribution in [0, 0.1) is 0 Å². The number of benzene rings is 1. The Morgan fingerprint density at radius 2 is 2.06 bits per heavy atom. The van der Waals surface area contributed by atoms with Crippen molar-refractivity contribution < 1.29 is 14.2 Å². The number of hydrogen-bond acceptors (Lipinski definition) is 4. The van der Waals surface area contributed by atoms with Crippen LogP contribution in [0.3, 0.4) is 0 Å². The highest BCUT2D eigenvalue weighted by Gasteiger charge is 2.50. The number of hydrogen-bond donors (Lipinski definition) is 1. The lowest BCUT2D eigenvalue weighted by Gasteiger charge is -2.50. The van der Waals surface area contributed by atoms with Gasteiger partial charge in [-0.15, -0.1) is 0 Å². The van der Waals surface area contributed by atoms with Gasteiger partial charge in [-0.05, 0) is 18.2 Å². The second kappa shape index (κ2) is 4.14. The molecule has 4 heteroatoms. The Hall–Kier alpha value is -1.26. The molecule has 0 unspecified atom stereocenters. The maximum Gasteiger partial charge on any atom is 0.125 e. The van der Waals surface area contributed by atoms with Gasteiger partial charge in [0.25, 0.3) is 0 Å². The molecular weight excluding hydrogens is 230 g/mol. The van der Waals surface area contributed by atoms with E-state index in [1.54, 1.807) is 14.2 Å². The Balaban J connectivity index is 1.85. The summed E-state index contributed by atoms with van der Waals surface area (Å²) in [4.78, 5) is 0. The maximum atomic E-state index is 6.27. The number of methoxy groups -OCH3 is 2. The molecule has 0 bridgehead atoms. The van der Waals surface area contributed by atoms with Crippen LogP contribution >= 0.6 is 0 Å². The monoisotopic (exact) mass is 249 g/mol. The van der Waals surface area contributed by atoms with Crippen molar-refractivity contribution in [3.8, 4) is 11.5 Å². The zero-order valence-electron chi connectivity index (χ0n) is 10.8. The van der Waals surface area contributed by atoms with Crippen LogP contribution in [0.5, 0.6) is 11.5 Å². The highest BCUT2D eigenvalue weighted by Crippen LogP contribution is 2.49. The topological polar surface area (TPSA) is 53.7 Å². The summed E-state index contributed by atoms with van der Waals surface area (Å²) in [6.45, 7) is 0. The van der Waals surface area contributed by atoms with Crippen molar-refractivity contribution >= 4 is 0 Å². The lowest BCUT2D eigenvalue weighted by atomic mass is 9.71. The Kier molecular flexibility index (Phi) is 2.72. The molecule has 1 aliphatic heterocycles. The summed E-state index contributed by atoms with van der Waals surface area (Å²) in [5.74, 6) is 1.72. The molecule has 1 aliphatic carbocycles. The Morgan fingerprint density at radius 1 is 1.28 bits per heavy atom. The molecular formula is C14H19NO3. The summed E-state index contributed by atoms with van der Waals surface area (Å²) in [6, 6.07) is 5.85. The van der Waals surface area contributed by atoms with Gasteiger partial charge in [0.1, 0.15) is 17.1 Å².